The van der Waals surface area contributed by atoms with Crippen molar-refractivity contribution in [1.82, 2.24) is 14.9 Å². The molecule has 0 aliphatic rings. The minimum Gasteiger partial charge on any atom is -0.493 e. The van der Waals surface area contributed by atoms with E-state index in [1.807, 2.05) is 0 Å². The molecule has 0 aliphatic heterocycles. The topological polar surface area (TPSA) is 117 Å². The SMILES string of the molecule is COc1cc(/C=N/Nc2nnc(C)n2N)ccc1OC(C)=O. The number of benzene rings is 1. The standard InChI is InChI=1S/C13H16N6O3/c1-8-16-18-13(19(8)14)17-15-7-10-4-5-11(22-9(2)20)12(6-10)21-3/h4-7H,14H2,1-3H3,(H,17,18)/b15-7+. The third kappa shape index (κ3) is 3.51. The van der Waals surface area contributed by atoms with Crippen molar-refractivity contribution in [1.29, 1.82) is 0 Å². The number of rotatable bonds is 5. The molecule has 1 heterocycles. The van der Waals surface area contributed by atoms with E-state index in [-0.39, 0.29) is 0 Å². The van der Waals surface area contributed by atoms with Crippen LogP contribution in [0.3, 0.4) is 0 Å². The summed E-state index contributed by atoms with van der Waals surface area (Å²) in [7, 11) is 1.49. The number of methoxy groups -OCH3 is 1. The lowest BCUT2D eigenvalue weighted by atomic mass is 10.2. The predicted molar refractivity (Wildman–Crippen MR) is 80.4 cm³/mol. The molecular formula is C13H16N6O3. The summed E-state index contributed by atoms with van der Waals surface area (Å²) in [4.78, 5) is 11.0. The van der Waals surface area contributed by atoms with Crippen LogP contribution in [0, 0.1) is 6.92 Å². The summed E-state index contributed by atoms with van der Waals surface area (Å²) >= 11 is 0. The quantitative estimate of drug-likeness (QED) is 0.274. The highest BCUT2D eigenvalue weighted by Gasteiger charge is 2.07. The van der Waals surface area contributed by atoms with Crippen molar-refractivity contribution in [3.8, 4) is 11.5 Å². The lowest BCUT2D eigenvalue weighted by Crippen LogP contribution is -2.13. The maximum absolute atomic E-state index is 11.0. The van der Waals surface area contributed by atoms with Gasteiger partial charge in [-0.2, -0.15) is 5.10 Å². The summed E-state index contributed by atoms with van der Waals surface area (Å²) in [6.45, 7) is 3.05. The number of aromatic nitrogens is 3. The normalized spacial score (nSPS) is 10.7. The average molecular weight is 304 g/mol. The lowest BCUT2D eigenvalue weighted by molar-refractivity contribution is -0.132. The molecule has 0 saturated heterocycles. The number of carbonyl (C=O) groups excluding carboxylic acids is 1. The Morgan fingerprint density at radius 2 is 2.18 bits per heavy atom. The van der Waals surface area contributed by atoms with E-state index in [0.29, 0.717) is 23.3 Å². The van der Waals surface area contributed by atoms with Crippen LogP contribution in [0.4, 0.5) is 5.95 Å². The maximum atomic E-state index is 11.0. The molecule has 0 fully saturated rings. The average Bonchev–Trinajstić information content (AvgIpc) is 2.80. The molecule has 0 aliphatic carbocycles. The molecule has 116 valence electrons. The molecule has 3 N–H and O–H groups in total. The molecule has 1 aromatic carbocycles. The molecule has 0 unspecified atom stereocenters. The van der Waals surface area contributed by atoms with Crippen LogP contribution in [-0.2, 0) is 4.79 Å². The number of nitrogen functional groups attached to an aromatic ring is 1. The Morgan fingerprint density at radius 3 is 2.77 bits per heavy atom. The first-order valence-corrected chi connectivity index (χ1v) is 6.34. The van der Waals surface area contributed by atoms with Gasteiger partial charge >= 0.3 is 5.97 Å². The summed E-state index contributed by atoms with van der Waals surface area (Å²) in [5.74, 6) is 6.91. The summed E-state index contributed by atoms with van der Waals surface area (Å²) in [6, 6.07) is 5.03. The second-order valence-electron chi connectivity index (χ2n) is 4.31. The molecular weight excluding hydrogens is 288 g/mol. The number of aryl methyl sites for hydroxylation is 1. The van der Waals surface area contributed by atoms with Gasteiger partial charge in [0.15, 0.2) is 17.3 Å². The summed E-state index contributed by atoms with van der Waals surface area (Å²) in [5, 5.41) is 11.6. The van der Waals surface area contributed by atoms with Crippen LogP contribution in [-0.4, -0.2) is 34.2 Å². The van der Waals surface area contributed by atoms with Gasteiger partial charge in [-0.05, 0) is 30.7 Å². The Bertz CT molecular complexity index is 710. The van der Waals surface area contributed by atoms with E-state index in [1.165, 1.54) is 18.7 Å². The highest BCUT2D eigenvalue weighted by molar-refractivity contribution is 5.82. The van der Waals surface area contributed by atoms with E-state index in [9.17, 15) is 4.79 Å². The van der Waals surface area contributed by atoms with E-state index in [2.05, 4.69) is 20.7 Å². The zero-order valence-corrected chi connectivity index (χ0v) is 12.4. The van der Waals surface area contributed by atoms with E-state index < -0.39 is 5.97 Å². The van der Waals surface area contributed by atoms with Gasteiger partial charge in [-0.1, -0.05) is 0 Å². The molecule has 22 heavy (non-hydrogen) atoms. The number of anilines is 1. The molecule has 2 aromatic rings. The first kappa shape index (κ1) is 15.3. The molecule has 0 saturated carbocycles. The number of esters is 1. The highest BCUT2D eigenvalue weighted by Crippen LogP contribution is 2.27. The number of nitrogens with zero attached hydrogens (tertiary/aromatic N) is 4. The van der Waals surface area contributed by atoms with Crippen molar-refractivity contribution in [2.24, 2.45) is 5.10 Å². The molecule has 2 rings (SSSR count). The molecule has 0 bridgehead atoms. The first-order chi connectivity index (χ1) is 10.5. The predicted octanol–water partition coefficient (Wildman–Crippen LogP) is 0.680. The Morgan fingerprint density at radius 1 is 1.41 bits per heavy atom. The Balaban J connectivity index is 2.11. The van der Waals surface area contributed by atoms with Crippen molar-refractivity contribution in [2.45, 2.75) is 13.8 Å². The van der Waals surface area contributed by atoms with E-state index in [0.717, 1.165) is 5.56 Å². The highest BCUT2D eigenvalue weighted by atomic mass is 16.6. The Labute approximate surface area is 126 Å². The zero-order valence-electron chi connectivity index (χ0n) is 12.4. The van der Waals surface area contributed by atoms with Gasteiger partial charge in [-0.15, -0.1) is 10.2 Å². The van der Waals surface area contributed by atoms with Gasteiger partial charge in [0.2, 0.25) is 0 Å². The smallest absolute Gasteiger partial charge is 0.308 e. The number of hydrogen-bond acceptors (Lipinski definition) is 8. The fourth-order valence-electron chi connectivity index (χ4n) is 1.61. The fraction of sp³-hybridized carbons (Fsp3) is 0.231. The molecule has 9 heteroatoms. The van der Waals surface area contributed by atoms with Crippen LogP contribution in [0.5, 0.6) is 11.5 Å². The van der Waals surface area contributed by atoms with Crippen LogP contribution in [0.25, 0.3) is 0 Å². The fourth-order valence-corrected chi connectivity index (χ4v) is 1.61. The first-order valence-electron chi connectivity index (χ1n) is 6.34. The van der Waals surface area contributed by atoms with Crippen molar-refractivity contribution in [2.75, 3.05) is 18.4 Å². The molecule has 1 aromatic heterocycles. The summed E-state index contributed by atoms with van der Waals surface area (Å²) < 4.78 is 11.5. The van der Waals surface area contributed by atoms with Crippen LogP contribution < -0.4 is 20.7 Å². The minimum absolute atomic E-state index is 0.317. The monoisotopic (exact) mass is 304 g/mol. The largest absolute Gasteiger partial charge is 0.493 e. The summed E-state index contributed by atoms with van der Waals surface area (Å²) in [5.41, 5.74) is 3.41. The Hall–Kier alpha value is -3.10. The molecule has 0 amide bonds. The molecule has 0 atom stereocenters. The summed E-state index contributed by atoms with van der Waals surface area (Å²) in [6.07, 6.45) is 1.55. The second kappa shape index (κ2) is 6.57. The number of hydrazone groups is 1. The van der Waals surface area contributed by atoms with Crippen LogP contribution in [0.1, 0.15) is 18.3 Å². The van der Waals surface area contributed by atoms with E-state index in [4.69, 9.17) is 15.3 Å². The van der Waals surface area contributed by atoms with Gasteiger partial charge < -0.3 is 15.3 Å². The lowest BCUT2D eigenvalue weighted by Gasteiger charge is -2.08. The number of nitrogens with one attached hydrogen (secondary N) is 1. The van der Waals surface area contributed by atoms with Gasteiger partial charge in [0.05, 0.1) is 13.3 Å². The number of ether oxygens (including phenoxy) is 2. The third-order valence-corrected chi connectivity index (χ3v) is 2.69. The van der Waals surface area contributed by atoms with Gasteiger partial charge in [0.25, 0.3) is 5.95 Å². The van der Waals surface area contributed by atoms with E-state index >= 15 is 0 Å². The van der Waals surface area contributed by atoms with Crippen molar-refractivity contribution < 1.29 is 14.3 Å². The third-order valence-electron chi connectivity index (χ3n) is 2.69. The number of nitrogens with two attached hydrogens (primary N) is 1. The second-order valence-corrected chi connectivity index (χ2v) is 4.31. The minimum atomic E-state index is -0.418. The molecule has 0 spiro atoms. The maximum Gasteiger partial charge on any atom is 0.308 e. The zero-order chi connectivity index (χ0) is 16.1. The molecule has 9 nitrogen and oxygen atoms in total. The van der Waals surface area contributed by atoms with Crippen LogP contribution >= 0.6 is 0 Å². The van der Waals surface area contributed by atoms with Gasteiger partial charge in [0.1, 0.15) is 0 Å². The Kier molecular flexibility index (Phi) is 4.57. The van der Waals surface area contributed by atoms with Crippen LogP contribution in [0.2, 0.25) is 0 Å². The van der Waals surface area contributed by atoms with Crippen molar-refractivity contribution in [3.05, 3.63) is 29.6 Å². The van der Waals surface area contributed by atoms with Crippen molar-refractivity contribution >= 4 is 18.1 Å². The van der Waals surface area contributed by atoms with Crippen molar-refractivity contribution in [3.63, 3.8) is 0 Å². The number of carbonyl (C=O) groups is 1. The van der Waals surface area contributed by atoms with Gasteiger partial charge in [-0.25, -0.2) is 10.1 Å². The van der Waals surface area contributed by atoms with Gasteiger partial charge in [0, 0.05) is 6.92 Å². The van der Waals surface area contributed by atoms with Crippen LogP contribution in [0.15, 0.2) is 23.3 Å². The molecule has 0 radical (unpaired) electrons. The van der Waals surface area contributed by atoms with Gasteiger partial charge in [-0.3, -0.25) is 4.79 Å². The van der Waals surface area contributed by atoms with E-state index in [1.54, 1.807) is 31.3 Å². The number of hydrogen-bond donors (Lipinski definition) is 2.